The van der Waals surface area contributed by atoms with Crippen molar-refractivity contribution in [3.63, 3.8) is 0 Å². The zero-order valence-electron chi connectivity index (χ0n) is 11.3. The molecule has 5 heteroatoms. The van der Waals surface area contributed by atoms with Crippen LogP contribution in [0, 0.1) is 0 Å². The number of nitrogens with zero attached hydrogens (tertiary/aromatic N) is 2. The van der Waals surface area contributed by atoms with Gasteiger partial charge in [-0.15, -0.1) is 5.53 Å². The quantitative estimate of drug-likeness (QED) is 0.841. The molecule has 0 aliphatic carbocycles. The molecule has 0 spiro atoms. The molecule has 0 fully saturated rings. The van der Waals surface area contributed by atoms with Crippen molar-refractivity contribution >= 4 is 23.0 Å². The molecule has 2 aliphatic heterocycles. The number of aliphatic hydroxyl groups excluding tert-OH is 1. The third kappa shape index (κ3) is 1.95. The minimum atomic E-state index is 0.242. The predicted octanol–water partition coefficient (Wildman–Crippen LogP) is 3.76. The molecule has 2 heterocycles. The summed E-state index contributed by atoms with van der Waals surface area (Å²) in [4.78, 5) is 0. The van der Waals surface area contributed by atoms with Gasteiger partial charge in [0, 0.05) is 5.02 Å². The molecule has 2 N–H and O–H groups in total. The van der Waals surface area contributed by atoms with Crippen LogP contribution in [-0.2, 0) is 6.42 Å². The van der Waals surface area contributed by atoms with E-state index in [2.05, 4.69) is 17.7 Å². The van der Waals surface area contributed by atoms with E-state index in [0.29, 0.717) is 5.02 Å². The standard InChI is InChI=1S/C16H14ClN3O/c17-12-6-8-13(9-7-12)19-16(21)15-10-5-11-3-1-2-4-14(11)20(15)18-19/h1-4,6-9,18,21H,5,10H2. The second-order valence-electron chi connectivity index (χ2n) is 5.15. The van der Waals surface area contributed by atoms with E-state index in [4.69, 9.17) is 11.6 Å². The highest BCUT2D eigenvalue weighted by Crippen LogP contribution is 2.37. The average molecular weight is 300 g/mol. The molecule has 106 valence electrons. The summed E-state index contributed by atoms with van der Waals surface area (Å²) in [6.07, 6.45) is 1.74. The van der Waals surface area contributed by atoms with Gasteiger partial charge in [0.25, 0.3) is 0 Å². The molecular weight excluding hydrogens is 286 g/mol. The number of benzene rings is 2. The minimum absolute atomic E-state index is 0.242. The van der Waals surface area contributed by atoms with Gasteiger partial charge >= 0.3 is 0 Å². The van der Waals surface area contributed by atoms with Crippen LogP contribution in [0.2, 0.25) is 5.02 Å². The van der Waals surface area contributed by atoms with E-state index >= 15 is 0 Å². The summed E-state index contributed by atoms with van der Waals surface area (Å²) in [7, 11) is 0. The fourth-order valence-corrected chi connectivity index (χ4v) is 2.95. The SMILES string of the molecule is OC1=C2CCc3ccccc3N2NN1c1ccc(Cl)cc1. The Morgan fingerprint density at radius 3 is 2.52 bits per heavy atom. The first-order valence-electron chi connectivity index (χ1n) is 6.86. The van der Waals surface area contributed by atoms with Crippen molar-refractivity contribution in [3.05, 3.63) is 70.7 Å². The Kier molecular flexibility index (Phi) is 2.80. The highest BCUT2D eigenvalue weighted by Gasteiger charge is 2.34. The number of hydrogen-bond acceptors (Lipinski definition) is 4. The lowest BCUT2D eigenvalue weighted by atomic mass is 10.0. The molecule has 0 atom stereocenters. The van der Waals surface area contributed by atoms with Crippen molar-refractivity contribution in [2.24, 2.45) is 0 Å². The predicted molar refractivity (Wildman–Crippen MR) is 84.0 cm³/mol. The van der Waals surface area contributed by atoms with Crippen LogP contribution in [-0.4, -0.2) is 5.11 Å². The summed E-state index contributed by atoms with van der Waals surface area (Å²) in [6.45, 7) is 0. The molecule has 4 rings (SSSR count). The smallest absolute Gasteiger partial charge is 0.229 e. The Morgan fingerprint density at radius 1 is 0.952 bits per heavy atom. The maximum absolute atomic E-state index is 10.5. The summed E-state index contributed by atoms with van der Waals surface area (Å²) in [5, 5.41) is 14.8. The Bertz CT molecular complexity index is 727. The molecule has 21 heavy (non-hydrogen) atoms. The molecule has 2 aromatic rings. The maximum Gasteiger partial charge on any atom is 0.229 e. The van der Waals surface area contributed by atoms with Crippen LogP contribution < -0.4 is 15.6 Å². The summed E-state index contributed by atoms with van der Waals surface area (Å²) in [5.74, 6) is 0.242. The monoisotopic (exact) mass is 299 g/mol. The number of aliphatic hydroxyl groups is 1. The third-order valence-corrected chi connectivity index (χ3v) is 4.14. The van der Waals surface area contributed by atoms with Gasteiger partial charge in [-0.2, -0.15) is 0 Å². The number of aryl methyl sites for hydroxylation is 1. The molecule has 0 amide bonds. The number of para-hydroxylation sites is 1. The summed E-state index contributed by atoms with van der Waals surface area (Å²) in [6, 6.07) is 15.6. The lowest BCUT2D eigenvalue weighted by molar-refractivity contribution is 0.386. The molecule has 0 saturated heterocycles. The number of allylic oxidation sites excluding steroid dienone is 1. The van der Waals surface area contributed by atoms with Crippen molar-refractivity contribution in [2.45, 2.75) is 12.8 Å². The van der Waals surface area contributed by atoms with Gasteiger partial charge in [0.1, 0.15) is 0 Å². The molecule has 2 aliphatic rings. The molecular formula is C16H14ClN3O. The van der Waals surface area contributed by atoms with Gasteiger partial charge in [-0.3, -0.25) is 5.01 Å². The van der Waals surface area contributed by atoms with Crippen LogP contribution in [0.5, 0.6) is 0 Å². The first-order chi connectivity index (χ1) is 10.2. The van der Waals surface area contributed by atoms with Gasteiger partial charge in [-0.25, -0.2) is 5.01 Å². The fraction of sp³-hybridized carbons (Fsp3) is 0.125. The van der Waals surface area contributed by atoms with Gasteiger partial charge in [-0.05, 0) is 48.7 Å². The van der Waals surface area contributed by atoms with Crippen LogP contribution in [0.4, 0.5) is 11.4 Å². The molecule has 0 saturated carbocycles. The summed E-state index contributed by atoms with van der Waals surface area (Å²) >= 11 is 5.92. The van der Waals surface area contributed by atoms with Crippen molar-refractivity contribution < 1.29 is 5.11 Å². The molecule has 0 bridgehead atoms. The van der Waals surface area contributed by atoms with Gasteiger partial charge in [0.15, 0.2) is 0 Å². The second-order valence-corrected chi connectivity index (χ2v) is 5.58. The number of fused-ring (bicyclic) bond motifs is 3. The van der Waals surface area contributed by atoms with Crippen molar-refractivity contribution in [1.82, 2.24) is 5.53 Å². The summed E-state index contributed by atoms with van der Waals surface area (Å²) < 4.78 is 0. The van der Waals surface area contributed by atoms with Crippen LogP contribution in [0.3, 0.4) is 0 Å². The zero-order valence-corrected chi connectivity index (χ0v) is 12.0. The maximum atomic E-state index is 10.5. The lowest BCUT2D eigenvalue weighted by Crippen LogP contribution is -2.43. The molecule has 0 unspecified atom stereocenters. The molecule has 0 radical (unpaired) electrons. The Hall–Kier alpha value is -2.17. The van der Waals surface area contributed by atoms with Crippen molar-refractivity contribution in [2.75, 3.05) is 10.0 Å². The Morgan fingerprint density at radius 2 is 1.71 bits per heavy atom. The minimum Gasteiger partial charge on any atom is -0.492 e. The first kappa shape index (κ1) is 12.6. The average Bonchev–Trinajstić information content (AvgIpc) is 2.86. The molecule has 0 aromatic heterocycles. The van der Waals surface area contributed by atoms with Gasteiger partial charge < -0.3 is 5.11 Å². The van der Waals surface area contributed by atoms with Crippen molar-refractivity contribution in [3.8, 4) is 0 Å². The fourth-order valence-electron chi connectivity index (χ4n) is 2.82. The Balaban J connectivity index is 1.74. The van der Waals surface area contributed by atoms with E-state index in [1.807, 2.05) is 41.4 Å². The number of rotatable bonds is 1. The van der Waals surface area contributed by atoms with E-state index in [0.717, 1.165) is 29.9 Å². The Labute approximate surface area is 127 Å². The third-order valence-electron chi connectivity index (χ3n) is 3.89. The van der Waals surface area contributed by atoms with E-state index in [9.17, 15) is 5.11 Å². The van der Waals surface area contributed by atoms with Gasteiger partial charge in [-0.1, -0.05) is 29.8 Å². The highest BCUT2D eigenvalue weighted by atomic mass is 35.5. The van der Waals surface area contributed by atoms with E-state index < -0.39 is 0 Å². The number of hydrazine groups is 2. The van der Waals surface area contributed by atoms with Crippen molar-refractivity contribution in [1.29, 1.82) is 0 Å². The van der Waals surface area contributed by atoms with Crippen LogP contribution in [0.15, 0.2) is 60.1 Å². The topological polar surface area (TPSA) is 38.7 Å². The normalized spacial score (nSPS) is 17.0. The lowest BCUT2D eigenvalue weighted by Gasteiger charge is -2.29. The first-order valence-corrected chi connectivity index (χ1v) is 7.24. The highest BCUT2D eigenvalue weighted by molar-refractivity contribution is 6.30. The molecule has 4 nitrogen and oxygen atoms in total. The number of hydrogen-bond donors (Lipinski definition) is 2. The van der Waals surface area contributed by atoms with Gasteiger partial charge in [0.2, 0.25) is 5.88 Å². The van der Waals surface area contributed by atoms with E-state index in [1.54, 1.807) is 5.01 Å². The van der Waals surface area contributed by atoms with Crippen LogP contribution in [0.25, 0.3) is 0 Å². The largest absolute Gasteiger partial charge is 0.492 e. The van der Waals surface area contributed by atoms with Gasteiger partial charge in [0.05, 0.1) is 17.1 Å². The van der Waals surface area contributed by atoms with E-state index in [1.165, 1.54) is 5.56 Å². The number of halogens is 1. The van der Waals surface area contributed by atoms with E-state index in [-0.39, 0.29) is 5.88 Å². The van der Waals surface area contributed by atoms with Crippen LogP contribution >= 0.6 is 11.6 Å². The number of nitrogens with one attached hydrogen (secondary N) is 1. The number of anilines is 2. The zero-order chi connectivity index (χ0) is 14.4. The second kappa shape index (κ2) is 4.69. The van der Waals surface area contributed by atoms with Crippen LogP contribution in [0.1, 0.15) is 12.0 Å². The molecule has 2 aromatic carbocycles. The summed E-state index contributed by atoms with van der Waals surface area (Å²) in [5.41, 5.74) is 7.33.